The highest BCUT2D eigenvalue weighted by atomic mass is 16.5. The minimum Gasteiger partial charge on any atom is -0.491 e. The van der Waals surface area contributed by atoms with Crippen LogP contribution < -0.4 is 10.1 Å². The van der Waals surface area contributed by atoms with Gasteiger partial charge in [0.1, 0.15) is 5.75 Å². The van der Waals surface area contributed by atoms with Crippen molar-refractivity contribution in [3.05, 3.63) is 35.4 Å². The van der Waals surface area contributed by atoms with Crippen LogP contribution in [0.1, 0.15) is 51.2 Å². The molecule has 0 fully saturated rings. The molecular weight excluding hydrogens is 262 g/mol. The Morgan fingerprint density at radius 3 is 2.81 bits per heavy atom. The van der Waals surface area contributed by atoms with Gasteiger partial charge in [-0.1, -0.05) is 12.1 Å². The van der Waals surface area contributed by atoms with Crippen LogP contribution in [0.2, 0.25) is 0 Å². The number of amides is 1. The summed E-state index contributed by atoms with van der Waals surface area (Å²) in [6.07, 6.45) is 6.92. The molecule has 0 saturated carbocycles. The molecule has 1 aromatic rings. The van der Waals surface area contributed by atoms with Crippen molar-refractivity contribution in [1.29, 1.82) is 0 Å². The zero-order valence-electron chi connectivity index (χ0n) is 13.2. The first-order chi connectivity index (χ1) is 10.1. The Balaban J connectivity index is 2.26. The summed E-state index contributed by atoms with van der Waals surface area (Å²) in [7, 11) is 0. The largest absolute Gasteiger partial charge is 0.491 e. The Morgan fingerprint density at radius 2 is 2.10 bits per heavy atom. The number of rotatable bonds is 4. The first kappa shape index (κ1) is 15.6. The van der Waals surface area contributed by atoms with E-state index in [1.165, 1.54) is 29.5 Å². The molecule has 0 aliphatic heterocycles. The van der Waals surface area contributed by atoms with Gasteiger partial charge in [0.15, 0.2) is 0 Å². The highest BCUT2D eigenvalue weighted by Crippen LogP contribution is 2.32. The number of benzene rings is 1. The molecule has 0 atom stereocenters. The number of carbonyl (C=O) groups is 1. The van der Waals surface area contributed by atoms with Gasteiger partial charge in [-0.3, -0.25) is 4.79 Å². The van der Waals surface area contributed by atoms with Gasteiger partial charge >= 0.3 is 0 Å². The average Bonchev–Trinajstić information content (AvgIpc) is 2.60. The summed E-state index contributed by atoms with van der Waals surface area (Å²) in [5.74, 6) is 0.939. The highest BCUT2D eigenvalue weighted by Gasteiger charge is 2.14. The fraction of sp³-hybridized carbons (Fsp3) is 0.500. The minimum atomic E-state index is 0.0117. The summed E-state index contributed by atoms with van der Waals surface area (Å²) in [6, 6.07) is 6.40. The van der Waals surface area contributed by atoms with Crippen LogP contribution in [0.4, 0.5) is 0 Å². The smallest absolute Gasteiger partial charge is 0.217 e. The number of carbonyl (C=O) groups excluding carboxylic acids is 1. The van der Waals surface area contributed by atoms with Gasteiger partial charge in [0, 0.05) is 13.5 Å². The molecule has 0 spiro atoms. The summed E-state index contributed by atoms with van der Waals surface area (Å²) in [4.78, 5) is 11.0. The lowest BCUT2D eigenvalue weighted by Gasteiger charge is -2.14. The fourth-order valence-corrected chi connectivity index (χ4v) is 2.71. The lowest BCUT2D eigenvalue weighted by Crippen LogP contribution is -2.19. The Morgan fingerprint density at radius 1 is 1.33 bits per heavy atom. The molecule has 114 valence electrons. The normalized spacial score (nSPS) is 16.5. The van der Waals surface area contributed by atoms with Crippen LogP contribution in [0.3, 0.4) is 0 Å². The number of hydrogen-bond donors (Lipinski definition) is 1. The van der Waals surface area contributed by atoms with E-state index in [1.807, 2.05) is 13.8 Å². The second kappa shape index (κ2) is 7.30. The summed E-state index contributed by atoms with van der Waals surface area (Å²) in [5.41, 5.74) is 4.00. The van der Waals surface area contributed by atoms with Crippen molar-refractivity contribution in [2.24, 2.45) is 0 Å². The molecule has 0 unspecified atom stereocenters. The van der Waals surface area contributed by atoms with E-state index in [2.05, 4.69) is 29.6 Å². The third kappa shape index (κ3) is 4.62. The molecule has 3 nitrogen and oxygen atoms in total. The maximum atomic E-state index is 11.0. The standard InChI is InChI=1S/C18H25NO2/c1-13(2)21-17-9-8-15-6-4-5-7-16(18(15)12-17)10-11-19-14(3)20/h8-10,12-13H,4-7,11H2,1-3H3,(H,19,20). The zero-order valence-corrected chi connectivity index (χ0v) is 13.2. The van der Waals surface area contributed by atoms with Crippen molar-refractivity contribution < 1.29 is 9.53 Å². The van der Waals surface area contributed by atoms with E-state index in [-0.39, 0.29) is 12.0 Å². The Hall–Kier alpha value is -1.77. The SMILES string of the molecule is CC(=O)NCC=C1CCCCc2ccc(OC(C)C)cc21. The fourth-order valence-electron chi connectivity index (χ4n) is 2.71. The predicted molar refractivity (Wildman–Crippen MR) is 86.4 cm³/mol. The topological polar surface area (TPSA) is 38.3 Å². The second-order valence-corrected chi connectivity index (χ2v) is 5.86. The maximum Gasteiger partial charge on any atom is 0.217 e. The molecule has 0 bridgehead atoms. The van der Waals surface area contributed by atoms with Gasteiger partial charge in [0.25, 0.3) is 0 Å². The quantitative estimate of drug-likeness (QED) is 0.857. The van der Waals surface area contributed by atoms with E-state index >= 15 is 0 Å². The Labute approximate surface area is 127 Å². The number of fused-ring (bicyclic) bond motifs is 1. The molecule has 0 heterocycles. The molecule has 1 N–H and O–H groups in total. The van der Waals surface area contributed by atoms with Gasteiger partial charge in [0.05, 0.1) is 6.10 Å². The number of ether oxygens (including phenoxy) is 1. The molecule has 1 aliphatic carbocycles. The van der Waals surface area contributed by atoms with E-state index in [9.17, 15) is 4.79 Å². The summed E-state index contributed by atoms with van der Waals surface area (Å²) in [6.45, 7) is 6.23. The second-order valence-electron chi connectivity index (χ2n) is 5.86. The molecular formula is C18H25NO2. The molecule has 0 radical (unpaired) electrons. The predicted octanol–water partition coefficient (Wildman–Crippen LogP) is 3.72. The summed E-state index contributed by atoms with van der Waals surface area (Å²) < 4.78 is 5.82. The molecule has 1 aromatic carbocycles. The number of nitrogens with one attached hydrogen (secondary N) is 1. The molecule has 0 saturated heterocycles. The van der Waals surface area contributed by atoms with Crippen LogP contribution in [-0.4, -0.2) is 18.6 Å². The Bertz CT molecular complexity index is 532. The van der Waals surface area contributed by atoms with Crippen molar-refractivity contribution in [1.82, 2.24) is 5.32 Å². The van der Waals surface area contributed by atoms with Gasteiger partial charge < -0.3 is 10.1 Å². The van der Waals surface area contributed by atoms with Crippen molar-refractivity contribution >= 4 is 11.5 Å². The van der Waals surface area contributed by atoms with E-state index in [1.54, 1.807) is 6.92 Å². The molecule has 1 amide bonds. The van der Waals surface area contributed by atoms with Gasteiger partial charge in [-0.25, -0.2) is 0 Å². The van der Waals surface area contributed by atoms with Crippen LogP contribution in [0.25, 0.3) is 5.57 Å². The molecule has 1 aliphatic rings. The molecule has 3 heteroatoms. The third-order valence-electron chi connectivity index (χ3n) is 3.64. The number of hydrogen-bond acceptors (Lipinski definition) is 2. The van der Waals surface area contributed by atoms with Gasteiger partial charge in [-0.05, 0) is 68.4 Å². The van der Waals surface area contributed by atoms with Crippen LogP contribution >= 0.6 is 0 Å². The summed E-state index contributed by atoms with van der Waals surface area (Å²) >= 11 is 0. The average molecular weight is 287 g/mol. The lowest BCUT2D eigenvalue weighted by molar-refractivity contribution is -0.118. The monoisotopic (exact) mass is 287 g/mol. The van der Waals surface area contributed by atoms with Crippen LogP contribution in [-0.2, 0) is 11.2 Å². The van der Waals surface area contributed by atoms with Crippen molar-refractivity contribution in [2.45, 2.75) is 52.6 Å². The van der Waals surface area contributed by atoms with E-state index in [0.717, 1.165) is 18.6 Å². The van der Waals surface area contributed by atoms with Crippen LogP contribution in [0.15, 0.2) is 24.3 Å². The number of allylic oxidation sites excluding steroid dienone is 1. The van der Waals surface area contributed by atoms with Crippen molar-refractivity contribution in [2.75, 3.05) is 6.54 Å². The first-order valence-corrected chi connectivity index (χ1v) is 7.79. The van der Waals surface area contributed by atoms with Gasteiger partial charge in [-0.2, -0.15) is 0 Å². The molecule has 21 heavy (non-hydrogen) atoms. The minimum absolute atomic E-state index is 0.0117. The van der Waals surface area contributed by atoms with Gasteiger partial charge in [-0.15, -0.1) is 0 Å². The van der Waals surface area contributed by atoms with E-state index in [4.69, 9.17) is 4.74 Å². The zero-order chi connectivity index (χ0) is 15.2. The van der Waals surface area contributed by atoms with Gasteiger partial charge in [0.2, 0.25) is 5.91 Å². The Kier molecular flexibility index (Phi) is 5.43. The third-order valence-corrected chi connectivity index (χ3v) is 3.64. The van der Waals surface area contributed by atoms with Crippen LogP contribution in [0.5, 0.6) is 5.75 Å². The van der Waals surface area contributed by atoms with Crippen LogP contribution in [0, 0.1) is 0 Å². The lowest BCUT2D eigenvalue weighted by atomic mass is 9.97. The van der Waals surface area contributed by atoms with Crippen molar-refractivity contribution in [3.8, 4) is 5.75 Å². The first-order valence-electron chi connectivity index (χ1n) is 7.79. The van der Waals surface area contributed by atoms with E-state index < -0.39 is 0 Å². The molecule has 2 rings (SSSR count). The van der Waals surface area contributed by atoms with Crippen molar-refractivity contribution in [3.63, 3.8) is 0 Å². The number of aryl methyl sites for hydroxylation is 1. The molecule has 0 aromatic heterocycles. The summed E-state index contributed by atoms with van der Waals surface area (Å²) in [5, 5.41) is 2.84. The van der Waals surface area contributed by atoms with E-state index in [0.29, 0.717) is 6.54 Å². The maximum absolute atomic E-state index is 11.0. The highest BCUT2D eigenvalue weighted by molar-refractivity contribution is 5.74.